The molecule has 1 atom stereocenters. The van der Waals surface area contributed by atoms with Crippen molar-refractivity contribution in [3.05, 3.63) is 0 Å². The summed E-state index contributed by atoms with van der Waals surface area (Å²) in [4.78, 5) is 2.42. The SMILES string of the molecule is CCOCC(C)NCC1(N(C)C)CCCCC1. The molecule has 0 radical (unpaired) electrons. The van der Waals surface area contributed by atoms with E-state index in [1.807, 2.05) is 0 Å². The number of nitrogens with one attached hydrogen (secondary N) is 1. The third-order valence-corrected chi connectivity index (χ3v) is 4.08. The Hall–Kier alpha value is -0.120. The number of nitrogens with zero attached hydrogens (tertiary/aromatic N) is 1. The summed E-state index contributed by atoms with van der Waals surface area (Å²) in [5.41, 5.74) is 0.374. The second kappa shape index (κ2) is 7.34. The topological polar surface area (TPSA) is 24.5 Å². The lowest BCUT2D eigenvalue weighted by molar-refractivity contribution is 0.0823. The van der Waals surface area contributed by atoms with Crippen LogP contribution in [0.2, 0.25) is 0 Å². The van der Waals surface area contributed by atoms with Crippen LogP contribution in [-0.2, 0) is 4.74 Å². The van der Waals surface area contributed by atoms with E-state index in [0.29, 0.717) is 11.6 Å². The van der Waals surface area contributed by atoms with Gasteiger partial charge in [-0.3, -0.25) is 0 Å². The summed E-state index contributed by atoms with van der Waals surface area (Å²) in [5.74, 6) is 0. The van der Waals surface area contributed by atoms with E-state index in [-0.39, 0.29) is 0 Å². The van der Waals surface area contributed by atoms with E-state index < -0.39 is 0 Å². The molecule has 0 aromatic heterocycles. The Morgan fingerprint density at radius 1 is 1.24 bits per heavy atom. The van der Waals surface area contributed by atoms with Crippen molar-refractivity contribution in [3.8, 4) is 0 Å². The number of likely N-dealkylation sites (N-methyl/N-ethyl adjacent to an activating group) is 1. The molecule has 0 spiro atoms. The van der Waals surface area contributed by atoms with Crippen molar-refractivity contribution in [2.75, 3.05) is 33.9 Å². The number of hydrogen-bond acceptors (Lipinski definition) is 3. The van der Waals surface area contributed by atoms with E-state index >= 15 is 0 Å². The molecule has 3 heteroatoms. The van der Waals surface area contributed by atoms with Gasteiger partial charge < -0.3 is 15.0 Å². The lowest BCUT2D eigenvalue weighted by Crippen LogP contribution is -2.54. The maximum Gasteiger partial charge on any atom is 0.0616 e. The summed E-state index contributed by atoms with van der Waals surface area (Å²) in [7, 11) is 4.44. The number of rotatable bonds is 7. The van der Waals surface area contributed by atoms with Crippen molar-refractivity contribution in [2.24, 2.45) is 0 Å². The summed E-state index contributed by atoms with van der Waals surface area (Å²) < 4.78 is 5.45. The normalized spacial score (nSPS) is 21.7. The number of ether oxygens (including phenoxy) is 1. The van der Waals surface area contributed by atoms with E-state index in [9.17, 15) is 0 Å². The Kier molecular flexibility index (Phi) is 6.45. The van der Waals surface area contributed by atoms with Crippen LogP contribution in [0.1, 0.15) is 46.0 Å². The van der Waals surface area contributed by atoms with Crippen LogP contribution >= 0.6 is 0 Å². The van der Waals surface area contributed by atoms with Crippen molar-refractivity contribution in [3.63, 3.8) is 0 Å². The highest BCUT2D eigenvalue weighted by Crippen LogP contribution is 2.31. The third-order valence-electron chi connectivity index (χ3n) is 4.08. The third kappa shape index (κ3) is 4.57. The van der Waals surface area contributed by atoms with Crippen LogP contribution in [0.15, 0.2) is 0 Å². The minimum Gasteiger partial charge on any atom is -0.380 e. The number of hydrogen-bond donors (Lipinski definition) is 1. The molecule has 1 aliphatic rings. The van der Waals surface area contributed by atoms with Crippen molar-refractivity contribution in [1.82, 2.24) is 10.2 Å². The minimum absolute atomic E-state index is 0.374. The fraction of sp³-hybridized carbons (Fsp3) is 1.00. The zero-order valence-corrected chi connectivity index (χ0v) is 12.1. The van der Waals surface area contributed by atoms with Gasteiger partial charge in [-0.1, -0.05) is 19.3 Å². The molecule has 102 valence electrons. The maximum atomic E-state index is 5.45. The Morgan fingerprint density at radius 2 is 1.88 bits per heavy atom. The lowest BCUT2D eigenvalue weighted by Gasteiger charge is -2.43. The predicted molar refractivity (Wildman–Crippen MR) is 73.5 cm³/mol. The summed E-state index contributed by atoms with van der Waals surface area (Å²) in [6.07, 6.45) is 6.81. The van der Waals surface area contributed by atoms with Gasteiger partial charge in [0.1, 0.15) is 0 Å². The molecule has 1 N–H and O–H groups in total. The van der Waals surface area contributed by atoms with Gasteiger partial charge in [-0.25, -0.2) is 0 Å². The highest BCUT2D eigenvalue weighted by atomic mass is 16.5. The molecule has 1 fully saturated rings. The lowest BCUT2D eigenvalue weighted by atomic mass is 9.80. The highest BCUT2D eigenvalue weighted by molar-refractivity contribution is 4.93. The van der Waals surface area contributed by atoms with Gasteiger partial charge in [0.25, 0.3) is 0 Å². The van der Waals surface area contributed by atoms with Crippen LogP contribution in [0.3, 0.4) is 0 Å². The average molecular weight is 242 g/mol. The Balaban J connectivity index is 2.39. The molecule has 1 rings (SSSR count). The zero-order chi connectivity index (χ0) is 12.7. The van der Waals surface area contributed by atoms with Crippen LogP contribution in [0.25, 0.3) is 0 Å². The van der Waals surface area contributed by atoms with Gasteiger partial charge in [0.15, 0.2) is 0 Å². The smallest absolute Gasteiger partial charge is 0.0616 e. The molecule has 0 bridgehead atoms. The van der Waals surface area contributed by atoms with Gasteiger partial charge in [-0.2, -0.15) is 0 Å². The fourth-order valence-electron chi connectivity index (χ4n) is 2.71. The second-order valence-corrected chi connectivity index (χ2v) is 5.62. The summed E-state index contributed by atoms with van der Waals surface area (Å²) in [5, 5.41) is 3.64. The molecule has 1 saturated carbocycles. The molecule has 17 heavy (non-hydrogen) atoms. The van der Waals surface area contributed by atoms with Crippen LogP contribution in [0.4, 0.5) is 0 Å². The van der Waals surface area contributed by atoms with E-state index in [2.05, 4.69) is 38.2 Å². The van der Waals surface area contributed by atoms with Gasteiger partial charge in [0.2, 0.25) is 0 Å². The second-order valence-electron chi connectivity index (χ2n) is 5.62. The molecule has 0 amide bonds. The van der Waals surface area contributed by atoms with Gasteiger partial charge in [-0.05, 0) is 40.8 Å². The van der Waals surface area contributed by atoms with Gasteiger partial charge >= 0.3 is 0 Å². The van der Waals surface area contributed by atoms with Gasteiger partial charge in [-0.15, -0.1) is 0 Å². The highest BCUT2D eigenvalue weighted by Gasteiger charge is 2.33. The van der Waals surface area contributed by atoms with Crippen LogP contribution in [0, 0.1) is 0 Å². The van der Waals surface area contributed by atoms with Crippen molar-refractivity contribution < 1.29 is 4.74 Å². The molecule has 3 nitrogen and oxygen atoms in total. The first-order valence-corrected chi connectivity index (χ1v) is 7.09. The summed E-state index contributed by atoms with van der Waals surface area (Å²) in [6.45, 7) is 6.98. The van der Waals surface area contributed by atoms with E-state index in [4.69, 9.17) is 4.74 Å². The molecule has 1 aliphatic carbocycles. The molecule has 0 aromatic rings. The zero-order valence-electron chi connectivity index (χ0n) is 12.1. The average Bonchev–Trinajstić information content (AvgIpc) is 2.34. The van der Waals surface area contributed by atoms with Crippen LogP contribution < -0.4 is 5.32 Å². The summed E-state index contributed by atoms with van der Waals surface area (Å²) in [6, 6.07) is 0.453. The van der Waals surface area contributed by atoms with Crippen LogP contribution in [-0.4, -0.2) is 50.3 Å². The molecular formula is C14H30N2O. The fourth-order valence-corrected chi connectivity index (χ4v) is 2.71. The van der Waals surface area contributed by atoms with E-state index in [0.717, 1.165) is 19.8 Å². The molecule has 0 aliphatic heterocycles. The molecule has 0 aromatic carbocycles. The standard InChI is InChI=1S/C14H30N2O/c1-5-17-11-13(2)15-12-14(16(3)4)9-7-6-8-10-14/h13,15H,5-12H2,1-4H3. The van der Waals surface area contributed by atoms with Gasteiger partial charge in [0, 0.05) is 24.7 Å². The van der Waals surface area contributed by atoms with Crippen molar-refractivity contribution >= 4 is 0 Å². The molecular weight excluding hydrogens is 212 g/mol. The molecule has 0 saturated heterocycles. The first kappa shape index (κ1) is 14.9. The quantitative estimate of drug-likeness (QED) is 0.741. The van der Waals surface area contributed by atoms with Gasteiger partial charge in [0.05, 0.1) is 6.61 Å². The van der Waals surface area contributed by atoms with Crippen LogP contribution in [0.5, 0.6) is 0 Å². The summed E-state index contributed by atoms with van der Waals surface area (Å²) >= 11 is 0. The van der Waals surface area contributed by atoms with E-state index in [1.165, 1.54) is 32.1 Å². The first-order valence-electron chi connectivity index (χ1n) is 7.09. The predicted octanol–water partition coefficient (Wildman–Crippen LogP) is 2.27. The molecule has 0 heterocycles. The first-order chi connectivity index (χ1) is 8.10. The largest absolute Gasteiger partial charge is 0.380 e. The Morgan fingerprint density at radius 3 is 2.41 bits per heavy atom. The maximum absolute atomic E-state index is 5.45. The monoisotopic (exact) mass is 242 g/mol. The van der Waals surface area contributed by atoms with E-state index in [1.54, 1.807) is 0 Å². The minimum atomic E-state index is 0.374. The Bertz CT molecular complexity index is 200. The molecule has 1 unspecified atom stereocenters. The van der Waals surface area contributed by atoms with Crippen molar-refractivity contribution in [2.45, 2.75) is 57.5 Å². The Labute approximate surface area is 107 Å². The van der Waals surface area contributed by atoms with Crippen molar-refractivity contribution in [1.29, 1.82) is 0 Å².